The van der Waals surface area contributed by atoms with Crippen molar-refractivity contribution >= 4 is 0 Å². The van der Waals surface area contributed by atoms with Crippen molar-refractivity contribution in [3.63, 3.8) is 0 Å². The van der Waals surface area contributed by atoms with Crippen LogP contribution in [0.1, 0.15) is 39.0 Å². The molecule has 0 fully saturated rings. The predicted molar refractivity (Wildman–Crippen MR) is 66.4 cm³/mol. The number of aryl methyl sites for hydroxylation is 4. The lowest BCUT2D eigenvalue weighted by Crippen LogP contribution is -1.93. The van der Waals surface area contributed by atoms with Crippen molar-refractivity contribution in [2.24, 2.45) is 0 Å². The van der Waals surface area contributed by atoms with Crippen molar-refractivity contribution in [2.45, 2.75) is 27.4 Å². The zero-order valence-corrected chi connectivity index (χ0v) is 8.20. The van der Waals surface area contributed by atoms with Crippen molar-refractivity contribution in [3.05, 3.63) is 46.9 Å². The van der Waals surface area contributed by atoms with E-state index in [0.29, 0.717) is 0 Å². The number of nitrogens with zero attached hydrogens (tertiary/aromatic N) is 2. The number of pyridine rings is 2. The Morgan fingerprint density at radius 1 is 1.06 bits per heavy atom. The first kappa shape index (κ1) is 3.39. The Labute approximate surface area is 113 Å². The highest BCUT2D eigenvalue weighted by atomic mass is 14.7. The van der Waals surface area contributed by atoms with Crippen LogP contribution in [0.4, 0.5) is 0 Å². The maximum Gasteiger partial charge on any atom is 0.0723 e. The Morgan fingerprint density at radius 2 is 2.00 bits per heavy atom. The first-order chi connectivity index (χ1) is 12.4. The van der Waals surface area contributed by atoms with Crippen LogP contribution in [-0.4, -0.2) is 9.97 Å². The molecule has 2 rings (SSSR count). The van der Waals surface area contributed by atoms with E-state index in [4.69, 9.17) is 16.4 Å². The van der Waals surface area contributed by atoms with E-state index in [0.717, 1.165) is 18.3 Å². The van der Waals surface area contributed by atoms with Gasteiger partial charge in [0.05, 0.1) is 5.69 Å². The molecule has 0 aliphatic rings. The van der Waals surface area contributed by atoms with Gasteiger partial charge in [0.15, 0.2) is 0 Å². The number of hydrogen-bond donors (Lipinski definition) is 0. The lowest BCUT2D eigenvalue weighted by atomic mass is 10.1. The second-order valence-corrected chi connectivity index (χ2v) is 3.21. The molecule has 2 heteroatoms. The lowest BCUT2D eigenvalue weighted by Gasteiger charge is -2.07. The number of aromatic nitrogens is 2. The molecule has 2 aromatic heterocycles. The van der Waals surface area contributed by atoms with Gasteiger partial charge in [0, 0.05) is 39.6 Å². The van der Waals surface area contributed by atoms with E-state index >= 15 is 0 Å². The summed E-state index contributed by atoms with van der Waals surface area (Å²) in [7, 11) is 0. The molecule has 0 aliphatic carbocycles. The lowest BCUT2D eigenvalue weighted by molar-refractivity contribution is 1.11. The average molecular weight is 224 g/mol. The molecule has 0 saturated heterocycles. The van der Waals surface area contributed by atoms with Crippen LogP contribution < -0.4 is 0 Å². The summed E-state index contributed by atoms with van der Waals surface area (Å²) in [6.45, 7) is -11.0. The highest BCUT2D eigenvalue weighted by Crippen LogP contribution is 2.22. The van der Waals surface area contributed by atoms with Gasteiger partial charge in [0.25, 0.3) is 0 Å². The molecule has 0 unspecified atom stereocenters. The van der Waals surface area contributed by atoms with Crippen LogP contribution in [0.15, 0.2) is 24.4 Å². The Hall–Kier alpha value is -1.70. The Morgan fingerprint density at radius 3 is 2.75 bits per heavy atom. The van der Waals surface area contributed by atoms with Gasteiger partial charge in [-0.2, -0.15) is 0 Å². The van der Waals surface area contributed by atoms with E-state index in [1.54, 1.807) is 0 Å². The standard InChI is InChI=1S/C14H16N2/c1-9-7-14(15-8-10(9)2)13-6-5-11(3)16-12(13)4/h5-8H,1-4H3/i1D3,2D3,3D3,4D3. The van der Waals surface area contributed by atoms with Crippen LogP contribution in [0.2, 0.25) is 0 Å². The summed E-state index contributed by atoms with van der Waals surface area (Å²) in [6, 6.07) is 3.26. The van der Waals surface area contributed by atoms with Crippen molar-refractivity contribution in [1.82, 2.24) is 9.97 Å². The zero-order valence-electron chi connectivity index (χ0n) is 20.2. The summed E-state index contributed by atoms with van der Waals surface area (Å²) in [5.41, 5.74) is -2.19. The molecule has 2 heterocycles. The van der Waals surface area contributed by atoms with Gasteiger partial charge in [-0.1, -0.05) is 0 Å². The Balaban J connectivity index is 2.78. The van der Waals surface area contributed by atoms with E-state index in [1.807, 2.05) is 0 Å². The average Bonchev–Trinajstić information content (AvgIpc) is 2.50. The Bertz CT molecular complexity index is 874. The summed E-state index contributed by atoms with van der Waals surface area (Å²) in [4.78, 5) is 7.65. The fourth-order valence-corrected chi connectivity index (χ4v) is 1.27. The van der Waals surface area contributed by atoms with Gasteiger partial charge in [0.2, 0.25) is 0 Å². The van der Waals surface area contributed by atoms with E-state index < -0.39 is 49.9 Å². The van der Waals surface area contributed by atoms with Gasteiger partial charge < -0.3 is 0 Å². The van der Waals surface area contributed by atoms with Gasteiger partial charge in [-0.25, -0.2) is 0 Å². The van der Waals surface area contributed by atoms with Crippen molar-refractivity contribution in [2.75, 3.05) is 0 Å². The summed E-state index contributed by atoms with van der Waals surface area (Å²) < 4.78 is 90.4. The minimum Gasteiger partial charge on any atom is -0.258 e. The fourth-order valence-electron chi connectivity index (χ4n) is 1.27. The highest BCUT2D eigenvalue weighted by Gasteiger charge is 2.05. The van der Waals surface area contributed by atoms with Crippen molar-refractivity contribution in [1.29, 1.82) is 0 Å². The van der Waals surface area contributed by atoms with Crippen molar-refractivity contribution in [3.8, 4) is 11.3 Å². The molecule has 0 aliphatic heterocycles. The smallest absolute Gasteiger partial charge is 0.0723 e. The minimum atomic E-state index is -2.80. The second kappa shape index (κ2) is 4.05. The first-order valence-corrected chi connectivity index (χ1v) is 4.46. The molecule has 0 aromatic carbocycles. The third-order valence-electron chi connectivity index (χ3n) is 2.08. The van der Waals surface area contributed by atoms with Crippen molar-refractivity contribution < 1.29 is 16.4 Å². The van der Waals surface area contributed by atoms with E-state index in [-0.39, 0.29) is 11.3 Å². The Kier molecular flexibility index (Phi) is 0.858. The van der Waals surface area contributed by atoms with Crippen LogP contribution in [0.25, 0.3) is 11.3 Å². The van der Waals surface area contributed by atoms with Gasteiger partial charge in [0.1, 0.15) is 0 Å². The zero-order chi connectivity index (χ0) is 21.7. The fraction of sp³-hybridized carbons (Fsp3) is 0.286. The minimum absolute atomic E-state index is 0.101. The first-order valence-electron chi connectivity index (χ1n) is 10.5. The molecule has 16 heavy (non-hydrogen) atoms. The molecule has 0 saturated carbocycles. The van der Waals surface area contributed by atoms with E-state index in [1.165, 1.54) is 6.07 Å². The summed E-state index contributed by atoms with van der Waals surface area (Å²) >= 11 is 0. The molecule has 0 spiro atoms. The molecule has 82 valence electrons. The third kappa shape index (κ3) is 1.96. The molecular weight excluding hydrogens is 196 g/mol. The summed E-state index contributed by atoms with van der Waals surface area (Å²) in [6.07, 6.45) is 0.866. The second-order valence-electron chi connectivity index (χ2n) is 3.21. The molecule has 2 nitrogen and oxygen atoms in total. The van der Waals surface area contributed by atoms with Gasteiger partial charge in [-0.15, -0.1) is 0 Å². The largest absolute Gasteiger partial charge is 0.258 e. The van der Waals surface area contributed by atoms with E-state index in [9.17, 15) is 0 Å². The summed E-state index contributed by atoms with van der Waals surface area (Å²) in [5.74, 6) is 0. The molecule has 0 N–H and O–H groups in total. The number of hydrogen-bond acceptors (Lipinski definition) is 2. The van der Waals surface area contributed by atoms with Crippen LogP contribution >= 0.6 is 0 Å². The molecule has 0 atom stereocenters. The van der Waals surface area contributed by atoms with Gasteiger partial charge in [-0.05, 0) is 56.7 Å². The monoisotopic (exact) mass is 224 g/mol. The quantitative estimate of drug-likeness (QED) is 0.742. The molecular formula is C14H16N2. The summed E-state index contributed by atoms with van der Waals surface area (Å²) in [5, 5.41) is 0. The molecule has 0 bridgehead atoms. The van der Waals surface area contributed by atoms with Gasteiger partial charge >= 0.3 is 0 Å². The molecule has 0 amide bonds. The third-order valence-corrected chi connectivity index (χ3v) is 2.08. The SMILES string of the molecule is [2H]C([2H])([2H])c1ccc(-c2cc(C([2H])([2H])[2H])c(C([2H])([2H])[2H])cn2)c(C([2H])([2H])[2H])n1. The van der Waals surface area contributed by atoms with Crippen LogP contribution in [0, 0.1) is 27.4 Å². The normalized spacial score (nSPS) is 24.8. The van der Waals surface area contributed by atoms with Crippen LogP contribution in [0.3, 0.4) is 0 Å². The predicted octanol–water partition coefficient (Wildman–Crippen LogP) is 3.38. The van der Waals surface area contributed by atoms with Crippen LogP contribution in [0.5, 0.6) is 0 Å². The topological polar surface area (TPSA) is 25.8 Å². The molecule has 0 radical (unpaired) electrons. The highest BCUT2D eigenvalue weighted by molar-refractivity contribution is 5.62. The maximum absolute atomic E-state index is 7.64. The number of rotatable bonds is 1. The molecule has 2 aromatic rings. The van der Waals surface area contributed by atoms with Gasteiger partial charge in [-0.3, -0.25) is 9.97 Å². The van der Waals surface area contributed by atoms with E-state index in [2.05, 4.69) is 9.97 Å². The maximum atomic E-state index is 7.64. The van der Waals surface area contributed by atoms with Crippen LogP contribution in [-0.2, 0) is 0 Å².